The zero-order valence-corrected chi connectivity index (χ0v) is 9.64. The average Bonchev–Trinajstić information content (AvgIpc) is 2.27. The van der Waals surface area contributed by atoms with Crippen LogP contribution in [-0.4, -0.2) is 36.6 Å². The van der Waals surface area contributed by atoms with Crippen molar-refractivity contribution in [3.63, 3.8) is 0 Å². The molecule has 4 nitrogen and oxygen atoms in total. The van der Waals surface area contributed by atoms with Gasteiger partial charge >= 0.3 is 0 Å². The number of ether oxygens (including phenoxy) is 1. The van der Waals surface area contributed by atoms with Gasteiger partial charge in [-0.25, -0.2) is 4.98 Å². The molecular formula is C12H16N2O2. The lowest BCUT2D eigenvalue weighted by Crippen LogP contribution is -2.48. The van der Waals surface area contributed by atoms with Crippen LogP contribution in [0.3, 0.4) is 0 Å². The number of morpholine rings is 1. The first-order valence-corrected chi connectivity index (χ1v) is 5.41. The van der Waals surface area contributed by atoms with Gasteiger partial charge in [0.2, 0.25) is 0 Å². The molecule has 2 rings (SSSR count). The highest BCUT2D eigenvalue weighted by Gasteiger charge is 2.28. The molecule has 1 aliphatic heterocycles. The van der Waals surface area contributed by atoms with Gasteiger partial charge in [-0.1, -0.05) is 0 Å². The van der Waals surface area contributed by atoms with E-state index in [9.17, 15) is 4.79 Å². The Morgan fingerprint density at radius 3 is 3.06 bits per heavy atom. The number of pyridine rings is 1. The van der Waals surface area contributed by atoms with Gasteiger partial charge in [-0.3, -0.25) is 4.79 Å². The Labute approximate surface area is 95.2 Å². The Kier molecular flexibility index (Phi) is 2.92. The van der Waals surface area contributed by atoms with E-state index in [1.807, 2.05) is 13.8 Å². The normalized spacial score (nSPS) is 19.5. The number of aldehydes is 1. The molecule has 0 unspecified atom stereocenters. The summed E-state index contributed by atoms with van der Waals surface area (Å²) in [6.45, 7) is 6.29. The van der Waals surface area contributed by atoms with Gasteiger partial charge in [0.25, 0.3) is 0 Å². The molecule has 0 spiro atoms. The molecule has 1 aliphatic rings. The van der Waals surface area contributed by atoms with Gasteiger partial charge < -0.3 is 9.64 Å². The largest absolute Gasteiger partial charge is 0.372 e. The monoisotopic (exact) mass is 220 g/mol. The van der Waals surface area contributed by atoms with Crippen molar-refractivity contribution < 1.29 is 9.53 Å². The predicted molar refractivity (Wildman–Crippen MR) is 61.9 cm³/mol. The zero-order chi connectivity index (χ0) is 11.6. The van der Waals surface area contributed by atoms with Crippen LogP contribution in [0.15, 0.2) is 18.3 Å². The molecule has 86 valence electrons. The highest BCUT2D eigenvalue weighted by Crippen LogP contribution is 2.23. The van der Waals surface area contributed by atoms with Crippen molar-refractivity contribution in [2.24, 2.45) is 0 Å². The summed E-state index contributed by atoms with van der Waals surface area (Å²) >= 11 is 0. The van der Waals surface area contributed by atoms with E-state index in [1.165, 1.54) is 0 Å². The number of carbonyl (C=O) groups excluding carboxylic acids is 1. The van der Waals surface area contributed by atoms with E-state index in [0.29, 0.717) is 12.2 Å². The number of nitrogens with zero attached hydrogens (tertiary/aromatic N) is 2. The van der Waals surface area contributed by atoms with Crippen molar-refractivity contribution in [3.8, 4) is 0 Å². The molecule has 1 fully saturated rings. The number of hydrogen-bond acceptors (Lipinski definition) is 4. The van der Waals surface area contributed by atoms with Crippen molar-refractivity contribution >= 4 is 12.1 Å². The number of carbonyl (C=O) groups is 1. The van der Waals surface area contributed by atoms with Crippen LogP contribution in [0, 0.1) is 0 Å². The standard InChI is InChI=1S/C12H16N2O2/c1-12(2)9-14(6-7-16-12)11-10(8-15)4-3-5-13-11/h3-5,8H,6-7,9H2,1-2H3. The van der Waals surface area contributed by atoms with E-state index in [0.717, 1.165) is 25.2 Å². The number of hydrogen-bond donors (Lipinski definition) is 0. The smallest absolute Gasteiger partial charge is 0.153 e. The van der Waals surface area contributed by atoms with E-state index in [2.05, 4.69) is 9.88 Å². The summed E-state index contributed by atoms with van der Waals surface area (Å²) in [5, 5.41) is 0. The van der Waals surface area contributed by atoms with Gasteiger partial charge in [0.15, 0.2) is 6.29 Å². The summed E-state index contributed by atoms with van der Waals surface area (Å²) in [6.07, 6.45) is 2.57. The summed E-state index contributed by atoms with van der Waals surface area (Å²) < 4.78 is 5.63. The van der Waals surface area contributed by atoms with Crippen LogP contribution in [0.5, 0.6) is 0 Å². The molecule has 1 saturated heterocycles. The fourth-order valence-corrected chi connectivity index (χ4v) is 1.96. The SMILES string of the molecule is CC1(C)CN(c2ncccc2C=O)CCO1. The van der Waals surface area contributed by atoms with Crippen LogP contribution in [-0.2, 0) is 4.74 Å². The molecule has 16 heavy (non-hydrogen) atoms. The Morgan fingerprint density at radius 1 is 1.56 bits per heavy atom. The zero-order valence-electron chi connectivity index (χ0n) is 9.64. The third kappa shape index (κ3) is 2.22. The lowest BCUT2D eigenvalue weighted by Gasteiger charge is -2.39. The molecule has 0 bridgehead atoms. The maximum absolute atomic E-state index is 10.9. The van der Waals surface area contributed by atoms with Crippen LogP contribution >= 0.6 is 0 Å². The molecule has 0 amide bonds. The van der Waals surface area contributed by atoms with Crippen molar-refractivity contribution in [2.75, 3.05) is 24.6 Å². The van der Waals surface area contributed by atoms with Gasteiger partial charge in [0.05, 0.1) is 17.8 Å². The van der Waals surface area contributed by atoms with Crippen LogP contribution in [0.4, 0.5) is 5.82 Å². The van der Waals surface area contributed by atoms with Crippen molar-refractivity contribution in [1.82, 2.24) is 4.98 Å². The minimum atomic E-state index is -0.185. The average molecular weight is 220 g/mol. The third-order valence-electron chi connectivity index (χ3n) is 2.67. The second-order valence-electron chi connectivity index (χ2n) is 4.56. The first-order chi connectivity index (χ1) is 7.62. The molecule has 0 atom stereocenters. The van der Waals surface area contributed by atoms with Gasteiger partial charge in [0.1, 0.15) is 5.82 Å². The molecule has 0 saturated carbocycles. The maximum Gasteiger partial charge on any atom is 0.153 e. The molecule has 4 heteroatoms. The maximum atomic E-state index is 10.9. The molecule has 1 aromatic rings. The summed E-state index contributed by atoms with van der Waals surface area (Å²) in [5.74, 6) is 0.758. The van der Waals surface area contributed by atoms with E-state index < -0.39 is 0 Å². The summed E-state index contributed by atoms with van der Waals surface area (Å²) in [7, 11) is 0. The summed E-state index contributed by atoms with van der Waals surface area (Å²) in [6, 6.07) is 3.57. The molecule has 1 aromatic heterocycles. The minimum Gasteiger partial charge on any atom is -0.372 e. The summed E-state index contributed by atoms with van der Waals surface area (Å²) in [5.41, 5.74) is 0.454. The topological polar surface area (TPSA) is 42.4 Å². The number of rotatable bonds is 2. The van der Waals surface area contributed by atoms with E-state index in [-0.39, 0.29) is 5.60 Å². The molecule has 0 aromatic carbocycles. The van der Waals surface area contributed by atoms with Crippen molar-refractivity contribution in [3.05, 3.63) is 23.9 Å². The second-order valence-corrected chi connectivity index (χ2v) is 4.56. The van der Waals surface area contributed by atoms with Crippen molar-refractivity contribution in [1.29, 1.82) is 0 Å². The third-order valence-corrected chi connectivity index (χ3v) is 2.67. The molecule has 2 heterocycles. The summed E-state index contributed by atoms with van der Waals surface area (Å²) in [4.78, 5) is 17.3. The molecule has 0 aliphatic carbocycles. The van der Waals surface area contributed by atoms with Crippen LogP contribution in [0.1, 0.15) is 24.2 Å². The van der Waals surface area contributed by atoms with Crippen molar-refractivity contribution in [2.45, 2.75) is 19.4 Å². The Balaban J connectivity index is 2.26. The van der Waals surface area contributed by atoms with Crippen LogP contribution in [0.25, 0.3) is 0 Å². The highest BCUT2D eigenvalue weighted by molar-refractivity contribution is 5.82. The predicted octanol–water partition coefficient (Wildman–Crippen LogP) is 1.51. The van der Waals surface area contributed by atoms with E-state index >= 15 is 0 Å². The molecule has 0 radical (unpaired) electrons. The first kappa shape index (κ1) is 11.1. The van der Waals surface area contributed by atoms with Gasteiger partial charge in [-0.15, -0.1) is 0 Å². The Morgan fingerprint density at radius 2 is 2.38 bits per heavy atom. The molecular weight excluding hydrogens is 204 g/mol. The fraction of sp³-hybridized carbons (Fsp3) is 0.500. The van der Waals surface area contributed by atoms with Crippen LogP contribution in [0.2, 0.25) is 0 Å². The number of anilines is 1. The first-order valence-electron chi connectivity index (χ1n) is 5.41. The number of aromatic nitrogens is 1. The van der Waals surface area contributed by atoms with E-state index in [1.54, 1.807) is 18.3 Å². The second kappa shape index (κ2) is 4.22. The minimum absolute atomic E-state index is 0.185. The highest BCUT2D eigenvalue weighted by atomic mass is 16.5. The van der Waals surface area contributed by atoms with Gasteiger partial charge in [-0.05, 0) is 26.0 Å². The van der Waals surface area contributed by atoms with Gasteiger partial charge in [0, 0.05) is 19.3 Å². The van der Waals surface area contributed by atoms with E-state index in [4.69, 9.17) is 4.74 Å². The lowest BCUT2D eigenvalue weighted by atomic mass is 10.1. The molecule has 0 N–H and O–H groups in total. The fourth-order valence-electron chi connectivity index (χ4n) is 1.96. The lowest BCUT2D eigenvalue weighted by molar-refractivity contribution is -0.0279. The van der Waals surface area contributed by atoms with Crippen LogP contribution < -0.4 is 4.90 Å². The quantitative estimate of drug-likeness (QED) is 0.708. The Hall–Kier alpha value is -1.42. The Bertz CT molecular complexity index is 390. The van der Waals surface area contributed by atoms with Gasteiger partial charge in [-0.2, -0.15) is 0 Å².